The number of nitrogens with zero attached hydrogens (tertiary/aromatic N) is 2. The Hall–Kier alpha value is -1.62. The van der Waals surface area contributed by atoms with Crippen LogP contribution in [0.5, 0.6) is 0 Å². The fourth-order valence-electron chi connectivity index (χ4n) is 2.72. The first-order valence-corrected chi connectivity index (χ1v) is 6.34. The van der Waals surface area contributed by atoms with Gasteiger partial charge >= 0.3 is 0 Å². The predicted octanol–water partition coefficient (Wildman–Crippen LogP) is 2.69. The molecule has 0 spiro atoms. The number of nitrogens with two attached hydrogens (primary N) is 1. The fraction of sp³-hybridized carbons (Fsp3) is 0.538. The molecule has 1 aliphatic rings. The molecule has 1 aliphatic carbocycles. The van der Waals surface area contributed by atoms with Gasteiger partial charge in [-0.05, 0) is 30.9 Å². The monoisotopic (exact) mass is 247 g/mol. The van der Waals surface area contributed by atoms with E-state index in [4.69, 9.17) is 14.7 Å². The molecule has 2 N–H and O–H groups in total. The Morgan fingerprint density at radius 1 is 1.50 bits per heavy atom. The molecule has 0 bridgehead atoms. The summed E-state index contributed by atoms with van der Waals surface area (Å²) in [5, 5.41) is 4.03. The van der Waals surface area contributed by atoms with Gasteiger partial charge in [-0.1, -0.05) is 24.9 Å². The summed E-state index contributed by atoms with van der Waals surface area (Å²) in [5.74, 6) is 2.19. The van der Waals surface area contributed by atoms with Crippen LogP contribution in [0.15, 0.2) is 27.3 Å². The molecule has 1 saturated carbocycles. The van der Waals surface area contributed by atoms with Crippen molar-refractivity contribution in [3.63, 3.8) is 0 Å². The minimum atomic E-state index is -0.452. The summed E-state index contributed by atoms with van der Waals surface area (Å²) < 4.78 is 10.5. The molecule has 96 valence electrons. The van der Waals surface area contributed by atoms with Crippen LogP contribution in [0.4, 0.5) is 0 Å². The average Bonchev–Trinajstić information content (AvgIpc) is 3.00. The number of aromatic nitrogens is 2. The summed E-state index contributed by atoms with van der Waals surface area (Å²) >= 11 is 0. The SMILES string of the molecule is CC1CCCC(N)(c2noc(-c3ccco3)n2)C1. The maximum absolute atomic E-state index is 6.42. The minimum Gasteiger partial charge on any atom is -0.459 e. The number of hydrogen-bond donors (Lipinski definition) is 1. The maximum Gasteiger partial charge on any atom is 0.293 e. The van der Waals surface area contributed by atoms with Crippen LogP contribution in [0, 0.1) is 5.92 Å². The first kappa shape index (κ1) is 11.5. The van der Waals surface area contributed by atoms with Crippen LogP contribution in [0.2, 0.25) is 0 Å². The first-order valence-electron chi connectivity index (χ1n) is 6.34. The third-order valence-corrected chi connectivity index (χ3v) is 3.64. The van der Waals surface area contributed by atoms with Gasteiger partial charge in [0.25, 0.3) is 5.89 Å². The van der Waals surface area contributed by atoms with Gasteiger partial charge in [-0.3, -0.25) is 0 Å². The Balaban J connectivity index is 1.88. The lowest BCUT2D eigenvalue weighted by Crippen LogP contribution is -2.42. The highest BCUT2D eigenvalue weighted by Crippen LogP contribution is 2.37. The van der Waals surface area contributed by atoms with Crippen LogP contribution >= 0.6 is 0 Å². The molecular weight excluding hydrogens is 230 g/mol. The van der Waals surface area contributed by atoms with Gasteiger partial charge in [0.15, 0.2) is 11.6 Å². The average molecular weight is 247 g/mol. The topological polar surface area (TPSA) is 78.1 Å². The standard InChI is InChI=1S/C13H17N3O2/c1-9-4-2-6-13(14,8-9)12-15-11(18-16-12)10-5-3-7-17-10/h3,5,7,9H,2,4,6,8,14H2,1H3. The molecule has 3 rings (SSSR count). The highest BCUT2D eigenvalue weighted by atomic mass is 16.5. The van der Waals surface area contributed by atoms with E-state index in [1.807, 2.05) is 0 Å². The van der Waals surface area contributed by atoms with E-state index in [-0.39, 0.29) is 0 Å². The van der Waals surface area contributed by atoms with Crippen molar-refractivity contribution in [1.29, 1.82) is 0 Å². The lowest BCUT2D eigenvalue weighted by Gasteiger charge is -2.33. The number of furan rings is 1. The van der Waals surface area contributed by atoms with Gasteiger partial charge in [0.2, 0.25) is 0 Å². The van der Waals surface area contributed by atoms with E-state index in [0.717, 1.165) is 19.3 Å². The highest BCUT2D eigenvalue weighted by Gasteiger charge is 2.37. The molecule has 1 fully saturated rings. The van der Waals surface area contributed by atoms with Gasteiger partial charge in [0, 0.05) is 0 Å². The Bertz CT molecular complexity index is 520. The Morgan fingerprint density at radius 3 is 3.11 bits per heavy atom. The highest BCUT2D eigenvalue weighted by molar-refractivity contribution is 5.43. The summed E-state index contributed by atoms with van der Waals surface area (Å²) in [6.45, 7) is 2.22. The quantitative estimate of drug-likeness (QED) is 0.882. The van der Waals surface area contributed by atoms with Crippen LogP contribution < -0.4 is 5.73 Å². The zero-order valence-electron chi connectivity index (χ0n) is 10.4. The maximum atomic E-state index is 6.42. The predicted molar refractivity (Wildman–Crippen MR) is 65.5 cm³/mol. The zero-order chi connectivity index (χ0) is 12.6. The lowest BCUT2D eigenvalue weighted by molar-refractivity contribution is 0.222. The smallest absolute Gasteiger partial charge is 0.293 e. The Kier molecular flexibility index (Phi) is 2.70. The zero-order valence-corrected chi connectivity index (χ0v) is 10.4. The van der Waals surface area contributed by atoms with E-state index < -0.39 is 5.54 Å². The third kappa shape index (κ3) is 1.95. The molecule has 0 saturated heterocycles. The van der Waals surface area contributed by atoms with Crippen molar-refractivity contribution in [2.45, 2.75) is 38.1 Å². The van der Waals surface area contributed by atoms with E-state index in [9.17, 15) is 0 Å². The van der Waals surface area contributed by atoms with E-state index >= 15 is 0 Å². The largest absolute Gasteiger partial charge is 0.459 e. The second-order valence-corrected chi connectivity index (χ2v) is 5.26. The van der Waals surface area contributed by atoms with E-state index in [2.05, 4.69) is 17.1 Å². The van der Waals surface area contributed by atoms with E-state index in [1.165, 1.54) is 6.42 Å². The first-order chi connectivity index (χ1) is 8.67. The summed E-state index contributed by atoms with van der Waals surface area (Å²) in [6, 6.07) is 3.59. The van der Waals surface area contributed by atoms with Gasteiger partial charge in [0.05, 0.1) is 11.8 Å². The number of hydrogen-bond acceptors (Lipinski definition) is 5. The van der Waals surface area contributed by atoms with E-state index in [0.29, 0.717) is 23.4 Å². The normalized spacial score (nSPS) is 28.4. The van der Waals surface area contributed by atoms with Crippen LogP contribution in [0.1, 0.15) is 38.4 Å². The van der Waals surface area contributed by atoms with Crippen molar-refractivity contribution >= 4 is 0 Å². The summed E-state index contributed by atoms with van der Waals surface area (Å²) in [4.78, 5) is 4.39. The van der Waals surface area contributed by atoms with Crippen molar-refractivity contribution in [3.05, 3.63) is 24.2 Å². The van der Waals surface area contributed by atoms with Gasteiger partial charge in [0.1, 0.15) is 0 Å². The molecule has 0 amide bonds. The Morgan fingerprint density at radius 2 is 2.39 bits per heavy atom. The van der Waals surface area contributed by atoms with Crippen molar-refractivity contribution in [1.82, 2.24) is 10.1 Å². The molecule has 5 heteroatoms. The molecule has 0 radical (unpaired) electrons. The third-order valence-electron chi connectivity index (χ3n) is 3.64. The molecule has 0 aromatic carbocycles. The molecule has 18 heavy (non-hydrogen) atoms. The van der Waals surface area contributed by atoms with Crippen LogP contribution in [-0.4, -0.2) is 10.1 Å². The minimum absolute atomic E-state index is 0.401. The molecule has 2 atom stereocenters. The molecule has 2 heterocycles. The van der Waals surface area contributed by atoms with Gasteiger partial charge in [-0.2, -0.15) is 4.98 Å². The fourth-order valence-corrected chi connectivity index (χ4v) is 2.72. The molecule has 2 unspecified atom stereocenters. The molecular formula is C13H17N3O2. The molecule has 2 aromatic rings. The van der Waals surface area contributed by atoms with Crippen molar-refractivity contribution in [2.24, 2.45) is 11.7 Å². The summed E-state index contributed by atoms with van der Waals surface area (Å²) in [5.41, 5.74) is 5.97. The summed E-state index contributed by atoms with van der Waals surface area (Å²) in [7, 11) is 0. The van der Waals surface area contributed by atoms with Crippen molar-refractivity contribution in [3.8, 4) is 11.7 Å². The lowest BCUT2D eigenvalue weighted by atomic mass is 9.76. The van der Waals surface area contributed by atoms with Crippen LogP contribution in [0.3, 0.4) is 0 Å². The molecule has 2 aromatic heterocycles. The second kappa shape index (κ2) is 4.24. The second-order valence-electron chi connectivity index (χ2n) is 5.26. The van der Waals surface area contributed by atoms with Crippen molar-refractivity contribution in [2.75, 3.05) is 0 Å². The molecule has 0 aliphatic heterocycles. The number of rotatable bonds is 2. The van der Waals surface area contributed by atoms with Gasteiger partial charge in [-0.25, -0.2) is 0 Å². The van der Waals surface area contributed by atoms with Crippen molar-refractivity contribution < 1.29 is 8.94 Å². The van der Waals surface area contributed by atoms with Gasteiger partial charge in [-0.15, -0.1) is 0 Å². The van der Waals surface area contributed by atoms with Gasteiger partial charge < -0.3 is 14.7 Å². The summed E-state index contributed by atoms with van der Waals surface area (Å²) in [6.07, 6.45) is 5.74. The van der Waals surface area contributed by atoms with Crippen LogP contribution in [0.25, 0.3) is 11.7 Å². The van der Waals surface area contributed by atoms with Crippen LogP contribution in [-0.2, 0) is 5.54 Å². The van der Waals surface area contributed by atoms with E-state index in [1.54, 1.807) is 18.4 Å². The Labute approximate surface area is 105 Å². The molecule has 5 nitrogen and oxygen atoms in total.